The average molecular weight is 675 g/mol. The maximum absolute atomic E-state index is 12.3. The Kier molecular flexibility index (Phi) is 9.61. The summed E-state index contributed by atoms with van der Waals surface area (Å²) in [6.07, 6.45) is 4.20. The second kappa shape index (κ2) is 12.9. The molecular weight excluding hydrogens is 625 g/mol. The molecule has 0 atom stereocenters. The van der Waals surface area contributed by atoms with E-state index < -0.39 is 26.3 Å². The van der Waals surface area contributed by atoms with Crippen LogP contribution in [0.1, 0.15) is 41.5 Å². The van der Waals surface area contributed by atoms with E-state index in [1.165, 1.54) is 17.0 Å². The van der Waals surface area contributed by atoms with Crippen molar-refractivity contribution in [1.29, 1.82) is 0 Å². The average Bonchev–Trinajstić information content (AvgIpc) is 3.56. The summed E-state index contributed by atoms with van der Waals surface area (Å²) in [6, 6.07) is 21.0. The molecule has 0 amide bonds. The number of benzene rings is 2. The SMILES string of the molecule is CC(C)[Si](C(C)C)(C(C)C)n1ccc2c(-c3ccnc4c3cc(-c3cccc(S(N)(=O)=O)c3)n4COCC[Si](C)(C)C)cccc21. The van der Waals surface area contributed by atoms with Gasteiger partial charge in [0.1, 0.15) is 12.4 Å². The molecule has 0 aliphatic carbocycles. The molecule has 0 fully saturated rings. The lowest BCUT2D eigenvalue weighted by Crippen LogP contribution is -2.51. The van der Waals surface area contributed by atoms with Crippen molar-refractivity contribution in [2.24, 2.45) is 5.14 Å². The van der Waals surface area contributed by atoms with Gasteiger partial charge in [0, 0.05) is 37.2 Å². The van der Waals surface area contributed by atoms with Gasteiger partial charge >= 0.3 is 0 Å². The van der Waals surface area contributed by atoms with Crippen LogP contribution in [0, 0.1) is 0 Å². The molecule has 10 heteroatoms. The smallest absolute Gasteiger partial charge is 0.238 e. The molecule has 0 unspecified atom stereocenters. The Morgan fingerprint density at radius 2 is 1.50 bits per heavy atom. The largest absolute Gasteiger partial charge is 0.373 e. The fourth-order valence-corrected chi connectivity index (χ4v) is 15.6. The monoisotopic (exact) mass is 674 g/mol. The van der Waals surface area contributed by atoms with Gasteiger partial charge in [-0.2, -0.15) is 0 Å². The zero-order valence-electron chi connectivity index (χ0n) is 28.8. The Labute approximate surface area is 276 Å². The number of ether oxygens (including phenoxy) is 1. The molecule has 7 nitrogen and oxygen atoms in total. The highest BCUT2D eigenvalue weighted by Crippen LogP contribution is 2.45. The lowest BCUT2D eigenvalue weighted by Gasteiger charge is -2.44. The Balaban J connectivity index is 1.72. The highest BCUT2D eigenvalue weighted by Gasteiger charge is 2.45. The van der Waals surface area contributed by atoms with Crippen LogP contribution < -0.4 is 5.14 Å². The second-order valence-electron chi connectivity index (χ2n) is 14.7. The van der Waals surface area contributed by atoms with Crippen LogP contribution in [-0.4, -0.2) is 45.1 Å². The summed E-state index contributed by atoms with van der Waals surface area (Å²) in [4.78, 5) is 4.93. The molecular formula is C36H50N4O3SSi2. The maximum atomic E-state index is 12.3. The van der Waals surface area contributed by atoms with Gasteiger partial charge in [-0.1, -0.05) is 85.4 Å². The van der Waals surface area contributed by atoms with Gasteiger partial charge < -0.3 is 13.5 Å². The van der Waals surface area contributed by atoms with Gasteiger partial charge in [-0.25, -0.2) is 18.5 Å². The first kappa shape index (κ1) is 34.3. The number of nitrogens with two attached hydrogens (primary N) is 1. The Morgan fingerprint density at radius 3 is 2.13 bits per heavy atom. The van der Waals surface area contributed by atoms with Crippen molar-refractivity contribution in [3.05, 3.63) is 73.1 Å². The molecule has 5 aromatic rings. The number of pyridine rings is 1. The third-order valence-corrected chi connectivity index (χ3v) is 19.1. The highest BCUT2D eigenvalue weighted by atomic mass is 32.2. The van der Waals surface area contributed by atoms with E-state index >= 15 is 0 Å². The summed E-state index contributed by atoms with van der Waals surface area (Å²) in [6.45, 7) is 22.4. The van der Waals surface area contributed by atoms with Crippen LogP contribution in [0.2, 0.25) is 42.3 Å². The van der Waals surface area contributed by atoms with Crippen LogP contribution in [-0.2, 0) is 21.5 Å². The van der Waals surface area contributed by atoms with E-state index in [0.29, 0.717) is 30.0 Å². The molecule has 0 aliphatic heterocycles. The first-order valence-electron chi connectivity index (χ1n) is 16.4. The van der Waals surface area contributed by atoms with E-state index in [1.807, 2.05) is 12.3 Å². The van der Waals surface area contributed by atoms with Crippen molar-refractivity contribution in [3.8, 4) is 22.4 Å². The van der Waals surface area contributed by atoms with Crippen LogP contribution in [0.3, 0.4) is 0 Å². The number of fused-ring (bicyclic) bond motifs is 2. The van der Waals surface area contributed by atoms with Crippen LogP contribution in [0.5, 0.6) is 0 Å². The molecule has 0 bridgehead atoms. The van der Waals surface area contributed by atoms with E-state index in [1.54, 1.807) is 12.1 Å². The number of hydrogen-bond donors (Lipinski definition) is 1. The van der Waals surface area contributed by atoms with Crippen molar-refractivity contribution in [2.45, 2.75) is 95.5 Å². The fourth-order valence-electron chi connectivity index (χ4n) is 7.69. The van der Waals surface area contributed by atoms with E-state index in [0.717, 1.165) is 39.5 Å². The van der Waals surface area contributed by atoms with Gasteiger partial charge in [0.05, 0.1) is 10.6 Å². The number of sulfonamides is 1. The summed E-state index contributed by atoms with van der Waals surface area (Å²) >= 11 is 0. The summed E-state index contributed by atoms with van der Waals surface area (Å²) < 4.78 is 35.5. The molecule has 5 rings (SSSR count). The van der Waals surface area contributed by atoms with Crippen molar-refractivity contribution in [2.75, 3.05) is 6.61 Å². The first-order valence-corrected chi connectivity index (χ1v) is 23.8. The molecule has 0 aliphatic rings. The number of primary sulfonamides is 1. The fraction of sp³-hybridized carbons (Fsp3) is 0.417. The zero-order valence-corrected chi connectivity index (χ0v) is 31.7. The minimum atomic E-state index is -3.87. The predicted octanol–water partition coefficient (Wildman–Crippen LogP) is 9.31. The molecule has 0 spiro atoms. The third kappa shape index (κ3) is 6.30. The van der Waals surface area contributed by atoms with E-state index in [2.05, 4.69) is 113 Å². The van der Waals surface area contributed by atoms with E-state index in [-0.39, 0.29) is 4.90 Å². The summed E-state index contributed by atoms with van der Waals surface area (Å²) in [5.74, 6) is 0. The van der Waals surface area contributed by atoms with Crippen molar-refractivity contribution < 1.29 is 13.2 Å². The van der Waals surface area contributed by atoms with Crippen LogP contribution in [0.25, 0.3) is 44.3 Å². The van der Waals surface area contributed by atoms with Gasteiger partial charge in [-0.3, -0.25) is 0 Å². The highest BCUT2D eigenvalue weighted by molar-refractivity contribution is 7.89. The Bertz CT molecular complexity index is 1950. The normalized spacial score (nSPS) is 13.2. The summed E-state index contributed by atoms with van der Waals surface area (Å²) in [5, 5.41) is 7.75. The van der Waals surface area contributed by atoms with Crippen LogP contribution >= 0.6 is 0 Å². The van der Waals surface area contributed by atoms with Crippen molar-refractivity contribution >= 4 is 48.3 Å². The molecule has 2 aromatic carbocycles. The van der Waals surface area contributed by atoms with Crippen molar-refractivity contribution in [3.63, 3.8) is 0 Å². The standard InChI is InChI=1S/C36H50N4O3SSi2/c1-25(2)46(26(3)4,27(5)6)40-19-17-32-30(14-11-15-34(32)40)31-16-18-38-36-33(31)23-35(39(36)24-43-20-21-45(7,8)9)28-12-10-13-29(22-28)44(37,41)42/h10-19,22-23,25-27H,20-21,24H2,1-9H3,(H2,37,41,42). The van der Waals surface area contributed by atoms with Gasteiger partial charge in [0.2, 0.25) is 10.0 Å². The predicted molar refractivity (Wildman–Crippen MR) is 198 cm³/mol. The maximum Gasteiger partial charge on any atom is 0.238 e. The molecule has 46 heavy (non-hydrogen) atoms. The number of hydrogen-bond acceptors (Lipinski definition) is 4. The lowest BCUT2D eigenvalue weighted by atomic mass is 10.00. The Morgan fingerprint density at radius 1 is 0.848 bits per heavy atom. The molecule has 0 saturated heterocycles. The second-order valence-corrected chi connectivity index (χ2v) is 27.7. The van der Waals surface area contributed by atoms with Gasteiger partial charge in [0.15, 0.2) is 8.24 Å². The number of aromatic nitrogens is 3. The quantitative estimate of drug-likeness (QED) is 0.105. The molecule has 0 radical (unpaired) electrons. The first-order chi connectivity index (χ1) is 21.6. The minimum absolute atomic E-state index is 0.0776. The number of nitrogens with zero attached hydrogens (tertiary/aromatic N) is 3. The van der Waals surface area contributed by atoms with Gasteiger partial charge in [-0.15, -0.1) is 0 Å². The Hall–Kier alpha value is -3.03. The van der Waals surface area contributed by atoms with Crippen LogP contribution in [0.4, 0.5) is 0 Å². The van der Waals surface area contributed by atoms with Gasteiger partial charge in [0.25, 0.3) is 0 Å². The molecule has 246 valence electrons. The van der Waals surface area contributed by atoms with Crippen molar-refractivity contribution in [1.82, 2.24) is 13.8 Å². The summed E-state index contributed by atoms with van der Waals surface area (Å²) in [5.41, 5.74) is 7.63. The minimum Gasteiger partial charge on any atom is -0.373 e. The van der Waals surface area contributed by atoms with Crippen LogP contribution in [0.15, 0.2) is 78.0 Å². The zero-order chi connectivity index (χ0) is 33.6. The molecule has 3 aromatic heterocycles. The van der Waals surface area contributed by atoms with E-state index in [4.69, 9.17) is 14.9 Å². The molecule has 2 N–H and O–H groups in total. The molecule has 3 heterocycles. The molecule has 0 saturated carbocycles. The topological polar surface area (TPSA) is 92.1 Å². The third-order valence-electron chi connectivity index (χ3n) is 9.69. The number of rotatable bonds is 12. The summed E-state index contributed by atoms with van der Waals surface area (Å²) in [7, 11) is -7.12. The lowest BCUT2D eigenvalue weighted by molar-refractivity contribution is 0.0909. The van der Waals surface area contributed by atoms with E-state index in [9.17, 15) is 8.42 Å². The van der Waals surface area contributed by atoms with Gasteiger partial charge in [-0.05, 0) is 82.0 Å².